The van der Waals surface area contributed by atoms with E-state index in [-0.39, 0.29) is 6.04 Å². The standard InChI is InChI=1S/C17H17F2NO/c1-12-11-21-16-8-3-2-5-13(16)9-20(12)10-14-6-4-7-15(18)17(14)19/h2-8,12H,9-11H2,1H3/t12-/m1/s1. The van der Waals surface area contributed by atoms with Crippen LogP contribution >= 0.6 is 0 Å². The first kappa shape index (κ1) is 14.0. The van der Waals surface area contributed by atoms with Crippen molar-refractivity contribution in [1.29, 1.82) is 0 Å². The second-order valence-electron chi connectivity index (χ2n) is 5.39. The number of halogens is 2. The molecule has 0 unspecified atom stereocenters. The number of fused-ring (bicyclic) bond motifs is 1. The van der Waals surface area contributed by atoms with Gasteiger partial charge in [-0.2, -0.15) is 0 Å². The van der Waals surface area contributed by atoms with Crippen molar-refractivity contribution < 1.29 is 13.5 Å². The Balaban J connectivity index is 1.86. The molecule has 0 saturated carbocycles. The van der Waals surface area contributed by atoms with Gasteiger partial charge in [0.05, 0.1) is 0 Å². The minimum atomic E-state index is -0.799. The zero-order chi connectivity index (χ0) is 14.8. The molecule has 0 aliphatic carbocycles. The summed E-state index contributed by atoms with van der Waals surface area (Å²) >= 11 is 0. The van der Waals surface area contributed by atoms with Gasteiger partial charge in [0.2, 0.25) is 0 Å². The Morgan fingerprint density at radius 2 is 1.95 bits per heavy atom. The maximum Gasteiger partial charge on any atom is 0.163 e. The Morgan fingerprint density at radius 1 is 1.14 bits per heavy atom. The van der Waals surface area contributed by atoms with Crippen molar-refractivity contribution >= 4 is 0 Å². The first-order valence-electron chi connectivity index (χ1n) is 7.03. The fraction of sp³-hybridized carbons (Fsp3) is 0.294. The van der Waals surface area contributed by atoms with Gasteiger partial charge in [0.25, 0.3) is 0 Å². The molecule has 0 saturated heterocycles. The molecular weight excluding hydrogens is 272 g/mol. The average Bonchev–Trinajstić information content (AvgIpc) is 2.64. The zero-order valence-corrected chi connectivity index (χ0v) is 11.9. The monoisotopic (exact) mass is 289 g/mol. The van der Waals surface area contributed by atoms with Gasteiger partial charge in [-0.15, -0.1) is 0 Å². The lowest BCUT2D eigenvalue weighted by Gasteiger charge is -2.26. The fourth-order valence-corrected chi connectivity index (χ4v) is 2.57. The van der Waals surface area contributed by atoms with Crippen molar-refractivity contribution in [1.82, 2.24) is 4.90 Å². The average molecular weight is 289 g/mol. The Bertz CT molecular complexity index is 644. The Kier molecular flexibility index (Phi) is 3.88. The highest BCUT2D eigenvalue weighted by molar-refractivity contribution is 5.34. The third kappa shape index (κ3) is 2.90. The summed E-state index contributed by atoms with van der Waals surface area (Å²) in [6.07, 6.45) is 0. The van der Waals surface area contributed by atoms with Crippen molar-refractivity contribution in [3.05, 3.63) is 65.2 Å². The molecule has 1 heterocycles. The van der Waals surface area contributed by atoms with Crippen LogP contribution in [0.1, 0.15) is 18.1 Å². The third-order valence-electron chi connectivity index (χ3n) is 3.85. The third-order valence-corrected chi connectivity index (χ3v) is 3.85. The first-order valence-corrected chi connectivity index (χ1v) is 7.03. The highest BCUT2D eigenvalue weighted by Gasteiger charge is 2.22. The van der Waals surface area contributed by atoms with Crippen LogP contribution in [-0.2, 0) is 13.1 Å². The Hall–Kier alpha value is -1.94. The van der Waals surface area contributed by atoms with E-state index in [0.717, 1.165) is 17.4 Å². The summed E-state index contributed by atoms with van der Waals surface area (Å²) in [6, 6.07) is 12.3. The maximum absolute atomic E-state index is 13.8. The van der Waals surface area contributed by atoms with E-state index in [2.05, 4.69) is 4.90 Å². The van der Waals surface area contributed by atoms with E-state index >= 15 is 0 Å². The molecule has 21 heavy (non-hydrogen) atoms. The highest BCUT2D eigenvalue weighted by atomic mass is 19.2. The first-order chi connectivity index (χ1) is 10.1. The summed E-state index contributed by atoms with van der Waals surface area (Å²) in [6.45, 7) is 3.59. The fourth-order valence-electron chi connectivity index (χ4n) is 2.57. The van der Waals surface area contributed by atoms with E-state index in [1.807, 2.05) is 31.2 Å². The second kappa shape index (κ2) is 5.82. The van der Waals surface area contributed by atoms with Crippen LogP contribution in [0.4, 0.5) is 8.78 Å². The molecular formula is C17H17F2NO. The molecule has 3 rings (SSSR count). The van der Waals surface area contributed by atoms with Crippen molar-refractivity contribution in [2.45, 2.75) is 26.1 Å². The molecule has 1 aliphatic rings. The van der Waals surface area contributed by atoms with E-state index < -0.39 is 11.6 Å². The quantitative estimate of drug-likeness (QED) is 0.835. The van der Waals surface area contributed by atoms with Crippen molar-refractivity contribution in [3.63, 3.8) is 0 Å². The molecule has 1 aliphatic heterocycles. The maximum atomic E-state index is 13.8. The van der Waals surface area contributed by atoms with E-state index in [1.165, 1.54) is 0 Å². The molecule has 0 radical (unpaired) electrons. The van der Waals surface area contributed by atoms with Crippen LogP contribution in [0.3, 0.4) is 0 Å². The van der Waals surface area contributed by atoms with Gasteiger partial charge in [-0.05, 0) is 19.1 Å². The normalized spacial score (nSPS) is 18.7. The van der Waals surface area contributed by atoms with Crippen LogP contribution in [0, 0.1) is 11.6 Å². The molecule has 0 bridgehead atoms. The predicted molar refractivity (Wildman–Crippen MR) is 77.0 cm³/mol. The molecule has 0 aromatic heterocycles. The number of para-hydroxylation sites is 1. The lowest BCUT2D eigenvalue weighted by Crippen LogP contribution is -2.34. The molecule has 0 N–H and O–H groups in total. The van der Waals surface area contributed by atoms with Crippen molar-refractivity contribution in [2.24, 2.45) is 0 Å². The largest absolute Gasteiger partial charge is 0.492 e. The number of hydrogen-bond donors (Lipinski definition) is 0. The van der Waals surface area contributed by atoms with Crippen LogP contribution in [0.5, 0.6) is 5.75 Å². The lowest BCUT2D eigenvalue weighted by atomic mass is 10.1. The van der Waals surface area contributed by atoms with Gasteiger partial charge in [0.15, 0.2) is 11.6 Å². The smallest absolute Gasteiger partial charge is 0.163 e. The van der Waals surface area contributed by atoms with Crippen LogP contribution in [0.2, 0.25) is 0 Å². The summed E-state index contributed by atoms with van der Waals surface area (Å²) in [5.41, 5.74) is 1.44. The minimum Gasteiger partial charge on any atom is -0.492 e. The van der Waals surface area contributed by atoms with E-state index in [9.17, 15) is 8.78 Å². The number of nitrogens with zero attached hydrogens (tertiary/aromatic N) is 1. The molecule has 1 atom stereocenters. The second-order valence-corrected chi connectivity index (χ2v) is 5.39. The summed E-state index contributed by atoms with van der Waals surface area (Å²) in [7, 11) is 0. The number of rotatable bonds is 2. The molecule has 110 valence electrons. The molecule has 2 aromatic carbocycles. The van der Waals surface area contributed by atoms with Gasteiger partial charge in [0, 0.05) is 30.3 Å². The lowest BCUT2D eigenvalue weighted by molar-refractivity contribution is 0.149. The molecule has 0 amide bonds. The highest BCUT2D eigenvalue weighted by Crippen LogP contribution is 2.26. The molecule has 0 fully saturated rings. The summed E-state index contributed by atoms with van der Waals surface area (Å²) in [5.74, 6) is -0.693. The topological polar surface area (TPSA) is 12.5 Å². The predicted octanol–water partition coefficient (Wildman–Crippen LogP) is 3.75. The van der Waals surface area contributed by atoms with Crippen molar-refractivity contribution in [2.75, 3.05) is 6.61 Å². The minimum absolute atomic E-state index is 0.125. The van der Waals surface area contributed by atoms with Gasteiger partial charge in [0.1, 0.15) is 12.4 Å². The number of benzene rings is 2. The number of hydrogen-bond acceptors (Lipinski definition) is 2. The Morgan fingerprint density at radius 3 is 2.81 bits per heavy atom. The van der Waals surface area contributed by atoms with Crippen LogP contribution in [0.25, 0.3) is 0 Å². The Labute approximate surface area is 123 Å². The molecule has 0 spiro atoms. The molecule has 2 nitrogen and oxygen atoms in total. The van der Waals surface area contributed by atoms with Gasteiger partial charge in [-0.3, -0.25) is 4.90 Å². The SMILES string of the molecule is C[C@@H]1COc2ccccc2CN1Cc1cccc(F)c1F. The van der Waals surface area contributed by atoms with E-state index in [0.29, 0.717) is 25.3 Å². The summed E-state index contributed by atoms with van der Waals surface area (Å²) in [5, 5.41) is 0. The summed E-state index contributed by atoms with van der Waals surface area (Å²) in [4.78, 5) is 2.10. The van der Waals surface area contributed by atoms with E-state index in [4.69, 9.17) is 4.74 Å². The van der Waals surface area contributed by atoms with Gasteiger partial charge in [-0.1, -0.05) is 30.3 Å². The van der Waals surface area contributed by atoms with Crippen LogP contribution in [-0.4, -0.2) is 17.5 Å². The van der Waals surface area contributed by atoms with Gasteiger partial charge >= 0.3 is 0 Å². The van der Waals surface area contributed by atoms with Crippen LogP contribution < -0.4 is 4.74 Å². The van der Waals surface area contributed by atoms with Gasteiger partial charge in [-0.25, -0.2) is 8.78 Å². The zero-order valence-electron chi connectivity index (χ0n) is 11.9. The van der Waals surface area contributed by atoms with E-state index in [1.54, 1.807) is 12.1 Å². The molecule has 4 heteroatoms. The molecule has 2 aromatic rings. The summed E-state index contributed by atoms with van der Waals surface area (Å²) < 4.78 is 33.0. The van der Waals surface area contributed by atoms with Crippen LogP contribution in [0.15, 0.2) is 42.5 Å². The number of ether oxygens (including phenoxy) is 1. The van der Waals surface area contributed by atoms with Crippen molar-refractivity contribution in [3.8, 4) is 5.75 Å². The van der Waals surface area contributed by atoms with Gasteiger partial charge < -0.3 is 4.74 Å².